The molecule has 0 aliphatic rings. The van der Waals surface area contributed by atoms with Crippen molar-refractivity contribution >= 4 is 0 Å². The van der Waals surface area contributed by atoms with Crippen LogP contribution in [0.25, 0.3) is 0 Å². The Morgan fingerprint density at radius 2 is 2.46 bits per heavy atom. The van der Waals surface area contributed by atoms with Gasteiger partial charge in [-0.05, 0) is 18.6 Å². The molecule has 3 heteroatoms. The Balaban J connectivity index is 2.80. The molecule has 0 amide bonds. The third kappa shape index (κ3) is 2.55. The average molecular weight is 175 g/mol. The molecule has 3 nitrogen and oxygen atoms in total. The van der Waals surface area contributed by atoms with Gasteiger partial charge < -0.3 is 0 Å². The highest BCUT2D eigenvalue weighted by atomic mass is 15.2. The zero-order valence-electron chi connectivity index (χ0n) is 7.62. The third-order valence-electron chi connectivity index (χ3n) is 1.81. The van der Waals surface area contributed by atoms with Crippen LogP contribution in [0.15, 0.2) is 18.3 Å². The fourth-order valence-corrected chi connectivity index (χ4v) is 1.05. The predicted molar refractivity (Wildman–Crippen MR) is 52.5 cm³/mol. The van der Waals surface area contributed by atoms with Gasteiger partial charge in [0.05, 0.1) is 11.7 Å². The average Bonchev–Trinajstić information content (AvgIpc) is 2.16. The summed E-state index contributed by atoms with van der Waals surface area (Å²) in [6.45, 7) is 1.99. The Morgan fingerprint density at radius 1 is 1.69 bits per heavy atom. The van der Waals surface area contributed by atoms with Gasteiger partial charge in [-0.3, -0.25) is 16.3 Å². The van der Waals surface area contributed by atoms with E-state index in [1.807, 2.05) is 19.1 Å². The molecule has 0 aliphatic heterocycles. The molecule has 1 rings (SSSR count). The Morgan fingerprint density at radius 3 is 2.92 bits per heavy atom. The van der Waals surface area contributed by atoms with E-state index in [0.29, 0.717) is 6.42 Å². The number of nitrogens with zero attached hydrogens (tertiary/aromatic N) is 1. The van der Waals surface area contributed by atoms with Gasteiger partial charge in [-0.2, -0.15) is 0 Å². The van der Waals surface area contributed by atoms with Gasteiger partial charge in [-0.25, -0.2) is 0 Å². The molecule has 1 aromatic rings. The lowest BCUT2D eigenvalue weighted by Crippen LogP contribution is -2.28. The molecular formula is C10H13N3. The summed E-state index contributed by atoms with van der Waals surface area (Å²) >= 11 is 0. The lowest BCUT2D eigenvalue weighted by molar-refractivity contribution is 0.553. The number of rotatable bonds is 3. The fraction of sp³-hybridized carbons (Fsp3) is 0.300. The summed E-state index contributed by atoms with van der Waals surface area (Å²) in [5.41, 5.74) is 4.64. The molecule has 13 heavy (non-hydrogen) atoms. The Bertz CT molecular complexity index is 297. The SMILES string of the molecule is C#CCC(NN)c1ccc(C)cn1. The van der Waals surface area contributed by atoms with E-state index in [9.17, 15) is 0 Å². The van der Waals surface area contributed by atoms with Crippen molar-refractivity contribution in [2.24, 2.45) is 5.84 Å². The number of hydrazine groups is 1. The van der Waals surface area contributed by atoms with E-state index >= 15 is 0 Å². The van der Waals surface area contributed by atoms with Crippen molar-refractivity contribution in [2.45, 2.75) is 19.4 Å². The van der Waals surface area contributed by atoms with E-state index < -0.39 is 0 Å². The predicted octanol–water partition coefficient (Wildman–Crippen LogP) is 0.918. The molecule has 1 unspecified atom stereocenters. The molecular weight excluding hydrogens is 162 g/mol. The minimum absolute atomic E-state index is 0.0504. The largest absolute Gasteiger partial charge is 0.271 e. The fourth-order valence-electron chi connectivity index (χ4n) is 1.05. The molecule has 0 aliphatic carbocycles. The van der Waals surface area contributed by atoms with Crippen molar-refractivity contribution in [1.29, 1.82) is 0 Å². The van der Waals surface area contributed by atoms with Crippen LogP contribution >= 0.6 is 0 Å². The van der Waals surface area contributed by atoms with Crippen LogP contribution < -0.4 is 11.3 Å². The maximum Gasteiger partial charge on any atom is 0.0741 e. The minimum atomic E-state index is -0.0504. The first kappa shape index (κ1) is 9.72. The van der Waals surface area contributed by atoms with Crippen molar-refractivity contribution in [1.82, 2.24) is 10.4 Å². The smallest absolute Gasteiger partial charge is 0.0741 e. The van der Waals surface area contributed by atoms with Gasteiger partial charge in [0, 0.05) is 12.6 Å². The Hall–Kier alpha value is -1.37. The first-order valence-corrected chi connectivity index (χ1v) is 4.10. The van der Waals surface area contributed by atoms with Crippen LogP contribution in [0.1, 0.15) is 23.7 Å². The lowest BCUT2D eigenvalue weighted by Gasteiger charge is -2.11. The normalized spacial score (nSPS) is 12.1. The standard InChI is InChI=1S/C10H13N3/c1-3-4-10(13-11)9-6-5-8(2)7-12-9/h1,5-7,10,13H,4,11H2,2H3. The van der Waals surface area contributed by atoms with Gasteiger partial charge in [0.25, 0.3) is 0 Å². The minimum Gasteiger partial charge on any atom is -0.271 e. The van der Waals surface area contributed by atoms with Crippen LogP contribution in [-0.4, -0.2) is 4.98 Å². The molecule has 1 atom stereocenters. The summed E-state index contributed by atoms with van der Waals surface area (Å²) in [5.74, 6) is 7.89. The van der Waals surface area contributed by atoms with Crippen molar-refractivity contribution in [3.63, 3.8) is 0 Å². The molecule has 3 N–H and O–H groups in total. The van der Waals surface area contributed by atoms with E-state index in [4.69, 9.17) is 12.3 Å². The molecule has 0 aromatic carbocycles. The number of nitrogens with one attached hydrogen (secondary N) is 1. The molecule has 0 saturated heterocycles. The molecule has 0 fully saturated rings. The second-order valence-electron chi connectivity index (χ2n) is 2.89. The second-order valence-corrected chi connectivity index (χ2v) is 2.89. The highest BCUT2D eigenvalue weighted by Gasteiger charge is 2.08. The van der Waals surface area contributed by atoms with Gasteiger partial charge in [-0.15, -0.1) is 12.3 Å². The number of pyridine rings is 1. The van der Waals surface area contributed by atoms with Gasteiger partial charge >= 0.3 is 0 Å². The number of aromatic nitrogens is 1. The van der Waals surface area contributed by atoms with Crippen LogP contribution in [0, 0.1) is 19.3 Å². The van der Waals surface area contributed by atoms with E-state index in [0.717, 1.165) is 11.3 Å². The first-order valence-electron chi connectivity index (χ1n) is 4.10. The monoisotopic (exact) mass is 175 g/mol. The summed E-state index contributed by atoms with van der Waals surface area (Å²) in [4.78, 5) is 4.23. The van der Waals surface area contributed by atoms with Crippen LogP contribution in [0.4, 0.5) is 0 Å². The first-order chi connectivity index (χ1) is 6.27. The van der Waals surface area contributed by atoms with Crippen molar-refractivity contribution in [3.8, 4) is 12.3 Å². The second kappa shape index (κ2) is 4.61. The van der Waals surface area contributed by atoms with Crippen LogP contribution in [0.3, 0.4) is 0 Å². The van der Waals surface area contributed by atoms with E-state index in [1.165, 1.54) is 0 Å². The third-order valence-corrected chi connectivity index (χ3v) is 1.81. The van der Waals surface area contributed by atoms with E-state index in [-0.39, 0.29) is 6.04 Å². The zero-order valence-corrected chi connectivity index (χ0v) is 7.62. The van der Waals surface area contributed by atoms with Crippen LogP contribution in [0.5, 0.6) is 0 Å². The van der Waals surface area contributed by atoms with Gasteiger partial charge in [0.2, 0.25) is 0 Å². The summed E-state index contributed by atoms with van der Waals surface area (Å²) < 4.78 is 0. The zero-order chi connectivity index (χ0) is 9.68. The summed E-state index contributed by atoms with van der Waals surface area (Å²) in [6, 6.07) is 3.87. The molecule has 0 spiro atoms. The number of hydrogen-bond acceptors (Lipinski definition) is 3. The van der Waals surface area contributed by atoms with Crippen molar-refractivity contribution < 1.29 is 0 Å². The van der Waals surface area contributed by atoms with Crippen molar-refractivity contribution in [2.75, 3.05) is 0 Å². The molecule has 1 aromatic heterocycles. The number of nitrogens with two attached hydrogens (primary N) is 1. The van der Waals surface area contributed by atoms with Crippen LogP contribution in [-0.2, 0) is 0 Å². The van der Waals surface area contributed by atoms with E-state index in [2.05, 4.69) is 16.3 Å². The Kier molecular flexibility index (Phi) is 3.44. The van der Waals surface area contributed by atoms with Gasteiger partial charge in [0.1, 0.15) is 0 Å². The molecule has 0 radical (unpaired) electrons. The maximum absolute atomic E-state index is 5.34. The Labute approximate surface area is 78.3 Å². The van der Waals surface area contributed by atoms with Crippen LogP contribution in [0.2, 0.25) is 0 Å². The summed E-state index contributed by atoms with van der Waals surface area (Å²) in [6.07, 6.45) is 7.55. The lowest BCUT2D eigenvalue weighted by atomic mass is 10.1. The molecule has 1 heterocycles. The quantitative estimate of drug-likeness (QED) is 0.408. The molecule has 68 valence electrons. The number of hydrogen-bond donors (Lipinski definition) is 2. The number of terminal acetylenes is 1. The maximum atomic E-state index is 5.34. The summed E-state index contributed by atoms with van der Waals surface area (Å²) in [7, 11) is 0. The highest BCUT2D eigenvalue weighted by Crippen LogP contribution is 2.12. The molecule has 0 bridgehead atoms. The van der Waals surface area contributed by atoms with Gasteiger partial charge in [-0.1, -0.05) is 6.07 Å². The summed E-state index contributed by atoms with van der Waals surface area (Å²) in [5, 5.41) is 0. The molecule has 0 saturated carbocycles. The van der Waals surface area contributed by atoms with Gasteiger partial charge in [0.15, 0.2) is 0 Å². The van der Waals surface area contributed by atoms with E-state index in [1.54, 1.807) is 6.20 Å². The number of aryl methyl sites for hydroxylation is 1. The van der Waals surface area contributed by atoms with Crippen molar-refractivity contribution in [3.05, 3.63) is 29.6 Å². The highest BCUT2D eigenvalue weighted by molar-refractivity contribution is 5.16. The topological polar surface area (TPSA) is 50.9 Å².